The summed E-state index contributed by atoms with van der Waals surface area (Å²) in [5.41, 5.74) is 14.3. The number of hydrogen-bond donors (Lipinski definition) is 5. The van der Waals surface area contributed by atoms with Crippen LogP contribution in [0.2, 0.25) is 0 Å². The average Bonchev–Trinajstić information content (AvgIpc) is 3.38. The van der Waals surface area contributed by atoms with Crippen molar-refractivity contribution in [3.8, 4) is 0 Å². The molecule has 0 bridgehead atoms. The van der Waals surface area contributed by atoms with Crippen molar-refractivity contribution in [2.75, 3.05) is 22.1 Å². The number of nitrogens with one attached hydrogen (secondary N) is 3. The highest BCUT2D eigenvalue weighted by atomic mass is 16.6. The average molecular weight is 458 g/mol. The zero-order valence-corrected chi connectivity index (χ0v) is 17.9. The Morgan fingerprint density at radius 3 is 1.82 bits per heavy atom. The van der Waals surface area contributed by atoms with Gasteiger partial charge in [0.1, 0.15) is 5.69 Å². The fourth-order valence-corrected chi connectivity index (χ4v) is 2.77. The van der Waals surface area contributed by atoms with Crippen LogP contribution in [0.3, 0.4) is 0 Å². The van der Waals surface area contributed by atoms with Crippen LogP contribution in [0.15, 0.2) is 91.1 Å². The molecule has 0 radical (unpaired) electrons. The van der Waals surface area contributed by atoms with Crippen LogP contribution in [0.4, 0.5) is 28.4 Å². The van der Waals surface area contributed by atoms with Crippen LogP contribution in [-0.2, 0) is 0 Å². The van der Waals surface area contributed by atoms with E-state index >= 15 is 0 Å². The van der Waals surface area contributed by atoms with Crippen LogP contribution in [0, 0.1) is 10.1 Å². The molecule has 10 nitrogen and oxygen atoms in total. The van der Waals surface area contributed by atoms with E-state index in [2.05, 4.69) is 15.6 Å². The molecule has 10 heteroatoms. The quantitative estimate of drug-likeness (QED) is 0.170. The number of non-ortho nitro benzene ring substituents is 1. The van der Waals surface area contributed by atoms with Gasteiger partial charge in [-0.1, -0.05) is 6.07 Å². The SMILES string of the molecule is Nc1ccc(NC(=O)c2ccc[nH]2)cc1.Nc1ccc(NC(=O)c2cccc([N+](=O)[O-])c2)cc1. The maximum atomic E-state index is 11.9. The van der Waals surface area contributed by atoms with Gasteiger partial charge < -0.3 is 27.1 Å². The molecule has 4 aromatic rings. The number of benzene rings is 3. The monoisotopic (exact) mass is 458 g/mol. The molecular formula is C24H22N6O4. The first kappa shape index (κ1) is 23.5. The first-order chi connectivity index (χ1) is 16.3. The van der Waals surface area contributed by atoms with E-state index in [9.17, 15) is 19.7 Å². The number of nitrogen functional groups attached to an aromatic ring is 2. The molecule has 0 unspecified atom stereocenters. The number of nitrogens with zero attached hydrogens (tertiary/aromatic N) is 1. The summed E-state index contributed by atoms with van der Waals surface area (Å²) in [5.74, 6) is -0.571. The second-order valence-electron chi connectivity index (χ2n) is 7.04. The van der Waals surface area contributed by atoms with E-state index in [0.717, 1.165) is 5.69 Å². The molecule has 0 aliphatic heterocycles. The second kappa shape index (κ2) is 11.0. The van der Waals surface area contributed by atoms with Gasteiger partial charge in [-0.05, 0) is 66.7 Å². The highest BCUT2D eigenvalue weighted by Gasteiger charge is 2.11. The van der Waals surface area contributed by atoms with Gasteiger partial charge in [-0.3, -0.25) is 19.7 Å². The Morgan fingerprint density at radius 2 is 1.32 bits per heavy atom. The molecule has 0 aliphatic rings. The summed E-state index contributed by atoms with van der Waals surface area (Å²) in [6.45, 7) is 0. The minimum atomic E-state index is -0.542. The fraction of sp³-hybridized carbons (Fsp3) is 0. The normalized spacial score (nSPS) is 9.88. The first-order valence-electron chi connectivity index (χ1n) is 10.0. The summed E-state index contributed by atoms with van der Waals surface area (Å²) in [6, 6.07) is 22.7. The van der Waals surface area contributed by atoms with Crippen molar-refractivity contribution < 1.29 is 14.5 Å². The van der Waals surface area contributed by atoms with Crippen molar-refractivity contribution in [3.05, 3.63) is 112 Å². The Labute approximate surface area is 194 Å². The number of aromatic amines is 1. The van der Waals surface area contributed by atoms with Gasteiger partial charge in [-0.15, -0.1) is 0 Å². The highest BCUT2D eigenvalue weighted by Crippen LogP contribution is 2.16. The van der Waals surface area contributed by atoms with Crippen molar-refractivity contribution in [2.45, 2.75) is 0 Å². The molecule has 0 atom stereocenters. The van der Waals surface area contributed by atoms with Crippen LogP contribution in [-0.4, -0.2) is 21.7 Å². The second-order valence-corrected chi connectivity index (χ2v) is 7.04. The molecule has 4 rings (SSSR count). The Balaban J connectivity index is 0.000000196. The van der Waals surface area contributed by atoms with Gasteiger partial charge in [-0.2, -0.15) is 0 Å². The molecule has 0 spiro atoms. The van der Waals surface area contributed by atoms with E-state index in [4.69, 9.17) is 11.5 Å². The van der Waals surface area contributed by atoms with Gasteiger partial charge in [-0.25, -0.2) is 0 Å². The predicted octanol–water partition coefficient (Wildman–Crippen LogP) is 4.28. The molecule has 0 fully saturated rings. The number of hydrogen-bond acceptors (Lipinski definition) is 6. The van der Waals surface area contributed by atoms with Crippen molar-refractivity contribution in [2.24, 2.45) is 0 Å². The number of aromatic nitrogens is 1. The number of H-pyrrole nitrogens is 1. The van der Waals surface area contributed by atoms with Gasteiger partial charge in [0, 0.05) is 46.6 Å². The van der Waals surface area contributed by atoms with Crippen molar-refractivity contribution >= 4 is 40.3 Å². The van der Waals surface area contributed by atoms with E-state index in [1.165, 1.54) is 24.3 Å². The van der Waals surface area contributed by atoms with Gasteiger partial charge in [0.05, 0.1) is 4.92 Å². The summed E-state index contributed by atoms with van der Waals surface area (Å²) in [6.07, 6.45) is 1.71. The van der Waals surface area contributed by atoms with Gasteiger partial charge in [0.15, 0.2) is 0 Å². The molecule has 0 aliphatic carbocycles. The van der Waals surface area contributed by atoms with Crippen LogP contribution < -0.4 is 22.1 Å². The van der Waals surface area contributed by atoms with Crippen LogP contribution in [0.5, 0.6) is 0 Å². The third kappa shape index (κ3) is 6.69. The number of carbonyl (C=O) groups is 2. The molecule has 1 aromatic heterocycles. The maximum Gasteiger partial charge on any atom is 0.272 e. The topological polar surface area (TPSA) is 169 Å². The summed E-state index contributed by atoms with van der Waals surface area (Å²) in [4.78, 5) is 36.4. The number of nitro groups is 1. The largest absolute Gasteiger partial charge is 0.399 e. The van der Waals surface area contributed by atoms with Crippen molar-refractivity contribution in [1.29, 1.82) is 0 Å². The Bertz CT molecular complexity index is 1270. The summed E-state index contributed by atoms with van der Waals surface area (Å²) in [5, 5.41) is 16.0. The minimum Gasteiger partial charge on any atom is -0.399 e. The molecule has 172 valence electrons. The van der Waals surface area contributed by atoms with E-state index in [-0.39, 0.29) is 17.2 Å². The highest BCUT2D eigenvalue weighted by molar-refractivity contribution is 6.04. The summed E-state index contributed by atoms with van der Waals surface area (Å²) in [7, 11) is 0. The first-order valence-corrected chi connectivity index (χ1v) is 10.0. The Kier molecular flexibility index (Phi) is 7.59. The van der Waals surface area contributed by atoms with Crippen LogP contribution in [0.1, 0.15) is 20.8 Å². The summed E-state index contributed by atoms with van der Waals surface area (Å²) >= 11 is 0. The number of amides is 2. The van der Waals surface area contributed by atoms with Crippen LogP contribution >= 0.6 is 0 Å². The fourth-order valence-electron chi connectivity index (χ4n) is 2.77. The lowest BCUT2D eigenvalue weighted by molar-refractivity contribution is -0.384. The number of nitro benzene ring substituents is 1. The minimum absolute atomic E-state index is 0.120. The molecule has 7 N–H and O–H groups in total. The molecule has 34 heavy (non-hydrogen) atoms. The molecule has 1 heterocycles. The number of rotatable bonds is 5. The molecule has 0 saturated carbocycles. The molecular weight excluding hydrogens is 436 g/mol. The van der Waals surface area contributed by atoms with Crippen molar-refractivity contribution in [3.63, 3.8) is 0 Å². The Morgan fingerprint density at radius 1 is 0.765 bits per heavy atom. The van der Waals surface area contributed by atoms with E-state index < -0.39 is 10.8 Å². The Hall–Kier alpha value is -5.12. The lowest BCUT2D eigenvalue weighted by Crippen LogP contribution is -2.12. The third-order valence-corrected chi connectivity index (χ3v) is 4.50. The molecule has 2 amide bonds. The zero-order valence-electron chi connectivity index (χ0n) is 17.9. The van der Waals surface area contributed by atoms with E-state index in [0.29, 0.717) is 22.8 Å². The predicted molar refractivity (Wildman–Crippen MR) is 132 cm³/mol. The molecule has 3 aromatic carbocycles. The van der Waals surface area contributed by atoms with E-state index in [1.807, 2.05) is 0 Å². The number of anilines is 4. The maximum absolute atomic E-state index is 11.9. The smallest absolute Gasteiger partial charge is 0.272 e. The number of nitrogens with two attached hydrogens (primary N) is 2. The van der Waals surface area contributed by atoms with Gasteiger partial charge >= 0.3 is 0 Å². The van der Waals surface area contributed by atoms with Gasteiger partial charge in [0.25, 0.3) is 17.5 Å². The third-order valence-electron chi connectivity index (χ3n) is 4.50. The van der Waals surface area contributed by atoms with E-state index in [1.54, 1.807) is 66.9 Å². The lowest BCUT2D eigenvalue weighted by atomic mass is 10.2. The van der Waals surface area contributed by atoms with Gasteiger partial charge in [0.2, 0.25) is 0 Å². The van der Waals surface area contributed by atoms with Crippen molar-refractivity contribution in [1.82, 2.24) is 4.98 Å². The lowest BCUT2D eigenvalue weighted by Gasteiger charge is -2.05. The molecule has 0 saturated heterocycles. The zero-order chi connectivity index (χ0) is 24.5. The number of carbonyl (C=O) groups excluding carboxylic acids is 2. The van der Waals surface area contributed by atoms with Crippen LogP contribution in [0.25, 0.3) is 0 Å². The summed E-state index contributed by atoms with van der Waals surface area (Å²) < 4.78 is 0. The standard InChI is InChI=1S/C13H11N3O3.C11H11N3O/c14-10-4-6-11(7-5-10)15-13(17)9-2-1-3-12(8-9)16(18)19;12-8-3-5-9(6-4-8)14-11(15)10-2-1-7-13-10/h1-8H,14H2,(H,15,17);1-7,13H,12H2,(H,14,15).